The molecule has 2 aromatic rings. The van der Waals surface area contributed by atoms with Crippen LogP contribution < -0.4 is 9.64 Å². The van der Waals surface area contributed by atoms with Gasteiger partial charge in [-0.3, -0.25) is 0 Å². The van der Waals surface area contributed by atoms with Crippen molar-refractivity contribution >= 4 is 23.3 Å². The molecule has 0 amide bonds. The smallest absolute Gasteiger partial charge is 0.337 e. The number of esters is 1. The highest BCUT2D eigenvalue weighted by atomic mass is 35.5. The summed E-state index contributed by atoms with van der Waals surface area (Å²) in [6, 6.07) is 11.6. The van der Waals surface area contributed by atoms with E-state index in [0.29, 0.717) is 18.7 Å². The lowest BCUT2D eigenvalue weighted by Crippen LogP contribution is -2.20. The molecule has 0 fully saturated rings. The zero-order chi connectivity index (χ0) is 25.2. The number of carbonyl (C=O) groups excluding carboxylic acids is 1. The molecule has 3 rings (SSSR count). The summed E-state index contributed by atoms with van der Waals surface area (Å²) in [6.07, 6.45) is 9.48. The van der Waals surface area contributed by atoms with Crippen LogP contribution in [0.15, 0.2) is 60.8 Å². The van der Waals surface area contributed by atoms with Gasteiger partial charge < -0.3 is 19.1 Å². The van der Waals surface area contributed by atoms with Gasteiger partial charge in [-0.1, -0.05) is 42.7 Å². The predicted octanol–water partition coefficient (Wildman–Crippen LogP) is 7.12. The van der Waals surface area contributed by atoms with Crippen molar-refractivity contribution in [1.29, 1.82) is 0 Å². The summed E-state index contributed by atoms with van der Waals surface area (Å²) in [5.41, 5.74) is 4.99. The van der Waals surface area contributed by atoms with Crippen LogP contribution in [-0.2, 0) is 22.4 Å². The summed E-state index contributed by atoms with van der Waals surface area (Å²) >= 11 is 6.35. The van der Waals surface area contributed by atoms with E-state index in [2.05, 4.69) is 36.7 Å². The normalized spacial score (nSPS) is 15.2. The Balaban J connectivity index is 2.16. The van der Waals surface area contributed by atoms with Gasteiger partial charge in [-0.2, -0.15) is 0 Å². The van der Waals surface area contributed by atoms with E-state index in [9.17, 15) is 4.79 Å². The molecule has 1 heterocycles. The Morgan fingerprint density at radius 1 is 1.20 bits per heavy atom. The second kappa shape index (κ2) is 13.4. The molecular formula is C29H36ClNO4. The number of anilines is 1. The maximum atomic E-state index is 12.4. The Kier molecular flexibility index (Phi) is 10.2. The molecule has 6 heteroatoms. The van der Waals surface area contributed by atoms with Crippen LogP contribution in [0.25, 0.3) is 0 Å². The number of carbonyl (C=O) groups is 1. The van der Waals surface area contributed by atoms with E-state index in [1.807, 2.05) is 24.3 Å². The molecule has 1 atom stereocenters. The van der Waals surface area contributed by atoms with Gasteiger partial charge in [0.25, 0.3) is 0 Å². The van der Waals surface area contributed by atoms with E-state index in [1.54, 1.807) is 13.2 Å². The largest absolute Gasteiger partial charge is 0.491 e. The summed E-state index contributed by atoms with van der Waals surface area (Å²) < 4.78 is 16.8. The average Bonchev–Trinajstić information content (AvgIpc) is 2.90. The minimum atomic E-state index is -0.377. The maximum Gasteiger partial charge on any atom is 0.337 e. The van der Waals surface area contributed by atoms with Crippen LogP contribution in [0.2, 0.25) is 5.02 Å². The molecule has 0 spiro atoms. The van der Waals surface area contributed by atoms with Crippen LogP contribution >= 0.6 is 11.6 Å². The zero-order valence-electron chi connectivity index (χ0n) is 21.0. The third-order valence-electron chi connectivity index (χ3n) is 6.24. The summed E-state index contributed by atoms with van der Waals surface area (Å²) in [5.74, 6) is 0.368. The Morgan fingerprint density at radius 2 is 2.03 bits per heavy atom. The van der Waals surface area contributed by atoms with Crippen molar-refractivity contribution in [3.8, 4) is 5.75 Å². The number of hydrogen-bond acceptors (Lipinski definition) is 5. The molecule has 0 N–H and O–H groups in total. The molecule has 0 aliphatic carbocycles. The number of hydrogen-bond donors (Lipinski definition) is 0. The highest BCUT2D eigenvalue weighted by Gasteiger charge is 2.19. The van der Waals surface area contributed by atoms with E-state index >= 15 is 0 Å². The fourth-order valence-electron chi connectivity index (χ4n) is 4.36. The maximum absolute atomic E-state index is 12.4. The lowest BCUT2D eigenvalue weighted by atomic mass is 10.0. The number of ether oxygens (including phenoxy) is 3. The van der Waals surface area contributed by atoms with Crippen LogP contribution in [0, 0.1) is 0 Å². The third kappa shape index (κ3) is 7.36. The van der Waals surface area contributed by atoms with Crippen LogP contribution in [0.3, 0.4) is 0 Å². The fraction of sp³-hybridized carbons (Fsp3) is 0.414. The first-order valence-electron chi connectivity index (χ1n) is 12.2. The third-order valence-corrected chi connectivity index (χ3v) is 6.47. The van der Waals surface area contributed by atoms with Gasteiger partial charge in [-0.15, -0.1) is 6.58 Å². The molecule has 2 aromatic carbocycles. The number of nitrogens with zero attached hydrogens (tertiary/aromatic N) is 1. The Labute approximate surface area is 214 Å². The molecule has 0 saturated heterocycles. The van der Waals surface area contributed by atoms with Gasteiger partial charge >= 0.3 is 5.97 Å². The topological polar surface area (TPSA) is 48.0 Å². The number of rotatable bonds is 8. The van der Waals surface area contributed by atoms with Gasteiger partial charge in [0.15, 0.2) is 0 Å². The quantitative estimate of drug-likeness (QED) is 0.287. The van der Waals surface area contributed by atoms with Crippen molar-refractivity contribution in [1.82, 2.24) is 0 Å². The number of halogens is 1. The molecule has 0 bridgehead atoms. The molecule has 35 heavy (non-hydrogen) atoms. The molecular weight excluding hydrogens is 462 g/mol. The van der Waals surface area contributed by atoms with E-state index in [-0.39, 0.29) is 12.1 Å². The SMILES string of the molecule is C=C[C@@H](C/C(=C/N1Cc2ccc(Cl)cc2CCCCOc2ccc(C(=O)OC)cc21)CCC)OC. The summed E-state index contributed by atoms with van der Waals surface area (Å²) in [6.45, 7) is 7.30. The highest BCUT2D eigenvalue weighted by Crippen LogP contribution is 2.34. The Hall–Kier alpha value is -2.76. The van der Waals surface area contributed by atoms with Crippen LogP contribution in [-0.4, -0.2) is 32.9 Å². The first kappa shape index (κ1) is 26.8. The Bertz CT molecular complexity index is 1050. The monoisotopic (exact) mass is 497 g/mol. The van der Waals surface area contributed by atoms with Gasteiger partial charge in [0.05, 0.1) is 31.1 Å². The first-order valence-corrected chi connectivity index (χ1v) is 12.6. The van der Waals surface area contributed by atoms with Crippen molar-refractivity contribution in [2.75, 3.05) is 25.7 Å². The van der Waals surface area contributed by atoms with Crippen molar-refractivity contribution < 1.29 is 19.0 Å². The van der Waals surface area contributed by atoms with Crippen LogP contribution in [0.1, 0.15) is 60.5 Å². The molecule has 0 unspecified atom stereocenters. The number of benzene rings is 2. The van der Waals surface area contributed by atoms with Crippen molar-refractivity contribution in [3.05, 3.63) is 82.5 Å². The number of fused-ring (bicyclic) bond motifs is 2. The van der Waals surface area contributed by atoms with Crippen LogP contribution in [0.5, 0.6) is 5.75 Å². The second-order valence-corrected chi connectivity index (χ2v) is 9.21. The summed E-state index contributed by atoms with van der Waals surface area (Å²) in [7, 11) is 3.10. The summed E-state index contributed by atoms with van der Waals surface area (Å²) in [4.78, 5) is 14.6. The minimum Gasteiger partial charge on any atom is -0.491 e. The van der Waals surface area contributed by atoms with Crippen molar-refractivity contribution in [3.63, 3.8) is 0 Å². The molecule has 0 aromatic heterocycles. The second-order valence-electron chi connectivity index (χ2n) is 8.77. The van der Waals surface area contributed by atoms with E-state index in [4.69, 9.17) is 25.8 Å². The Morgan fingerprint density at radius 3 is 2.74 bits per heavy atom. The lowest BCUT2D eigenvalue weighted by molar-refractivity contribution is 0.0600. The first-order chi connectivity index (χ1) is 17.0. The number of methoxy groups -OCH3 is 2. The molecule has 5 nitrogen and oxygen atoms in total. The fourth-order valence-corrected chi connectivity index (χ4v) is 4.55. The van der Waals surface area contributed by atoms with Gasteiger partial charge in [-0.25, -0.2) is 4.79 Å². The molecule has 0 radical (unpaired) electrons. The molecule has 1 aliphatic heterocycles. The highest BCUT2D eigenvalue weighted by molar-refractivity contribution is 6.30. The molecule has 188 valence electrons. The van der Waals surface area contributed by atoms with E-state index in [1.165, 1.54) is 23.8 Å². The summed E-state index contributed by atoms with van der Waals surface area (Å²) in [5, 5.41) is 0.742. The number of aryl methyl sites for hydroxylation is 1. The average molecular weight is 498 g/mol. The van der Waals surface area contributed by atoms with Gasteiger partial charge in [0, 0.05) is 24.9 Å². The van der Waals surface area contributed by atoms with E-state index < -0.39 is 0 Å². The van der Waals surface area contributed by atoms with Gasteiger partial charge in [-0.05, 0) is 73.6 Å². The molecule has 0 saturated carbocycles. The van der Waals surface area contributed by atoms with Gasteiger partial charge in [0.1, 0.15) is 5.75 Å². The molecule has 1 aliphatic rings. The standard InChI is InChI=1S/C29H36ClNO4/c1-5-9-21(16-26(6-2)33-3)19-31-20-24-11-13-25(30)17-22(24)10-7-8-15-35-28-14-12-23(18-27(28)31)29(32)34-4/h6,11-14,17-19,26H,2,5,7-10,15-16,20H2,1,3-4H3/b21-19+/t26-/m0/s1. The van der Waals surface area contributed by atoms with Gasteiger partial charge in [0.2, 0.25) is 0 Å². The van der Waals surface area contributed by atoms with Crippen molar-refractivity contribution in [2.45, 2.75) is 58.1 Å². The lowest BCUT2D eigenvalue weighted by Gasteiger charge is -2.27. The van der Waals surface area contributed by atoms with Crippen molar-refractivity contribution in [2.24, 2.45) is 0 Å². The zero-order valence-corrected chi connectivity index (χ0v) is 21.8. The van der Waals surface area contributed by atoms with Crippen LogP contribution in [0.4, 0.5) is 5.69 Å². The minimum absolute atomic E-state index is 0.0695. The predicted molar refractivity (Wildman–Crippen MR) is 142 cm³/mol. The van der Waals surface area contributed by atoms with E-state index in [0.717, 1.165) is 55.0 Å².